The largest absolute Gasteiger partial charge is 0.490 e. The molecule has 1 aliphatic heterocycles. The minimum Gasteiger partial charge on any atom is -0.490 e. The molecule has 10 nitrogen and oxygen atoms in total. The fraction of sp³-hybridized carbons (Fsp3) is 0.429. The first-order valence-corrected chi connectivity index (χ1v) is 12.2. The summed E-state index contributed by atoms with van der Waals surface area (Å²) in [6, 6.07) is 6.23. The highest BCUT2D eigenvalue weighted by atomic mass is 32.2. The van der Waals surface area contributed by atoms with Crippen molar-refractivity contribution in [2.24, 2.45) is 5.92 Å². The van der Waals surface area contributed by atoms with E-state index in [1.165, 1.54) is 29.2 Å². The van der Waals surface area contributed by atoms with Crippen LogP contribution in [0, 0.1) is 11.7 Å². The van der Waals surface area contributed by atoms with Gasteiger partial charge in [-0.15, -0.1) is 0 Å². The molecule has 2 heterocycles. The van der Waals surface area contributed by atoms with Crippen LogP contribution in [0.1, 0.15) is 42.8 Å². The molecule has 3 amide bonds. The van der Waals surface area contributed by atoms with Crippen molar-refractivity contribution in [3.05, 3.63) is 53.1 Å². The fourth-order valence-corrected chi connectivity index (χ4v) is 4.62. The second-order valence-electron chi connectivity index (χ2n) is 8.27. The van der Waals surface area contributed by atoms with Crippen LogP contribution in [0.2, 0.25) is 0 Å². The van der Waals surface area contributed by atoms with Crippen LogP contribution in [0.15, 0.2) is 30.3 Å². The summed E-state index contributed by atoms with van der Waals surface area (Å²) in [5, 5.41) is 10.0. The molecular weight excluding hydrogens is 453 g/mol. The van der Waals surface area contributed by atoms with Crippen molar-refractivity contribution < 1.29 is 27.1 Å². The van der Waals surface area contributed by atoms with E-state index in [0.717, 1.165) is 12.8 Å². The van der Waals surface area contributed by atoms with Gasteiger partial charge in [0.05, 0.1) is 24.5 Å². The first kappa shape index (κ1) is 23.1. The number of carbonyl (C=O) groups is 2. The molecule has 12 heteroatoms. The summed E-state index contributed by atoms with van der Waals surface area (Å²) in [6.45, 7) is 2.14. The zero-order valence-electron chi connectivity index (χ0n) is 18.0. The molecule has 2 aromatic rings. The Morgan fingerprint density at radius 1 is 1.21 bits per heavy atom. The summed E-state index contributed by atoms with van der Waals surface area (Å²) in [4.78, 5) is 24.1. The molecule has 2 N–H and O–H groups in total. The number of rotatable bonds is 10. The van der Waals surface area contributed by atoms with Crippen LogP contribution in [0.4, 0.5) is 9.18 Å². The summed E-state index contributed by atoms with van der Waals surface area (Å²) in [5.41, 5.74) is 1.21. The van der Waals surface area contributed by atoms with Crippen LogP contribution in [-0.4, -0.2) is 48.6 Å². The SMILES string of the molecule is C[C@@H](NS(=O)(=O)Cc1ccc(CN2CC(=O)NC2=O)nn1)c1ccc(F)c(OCC2CC2)c1. The quantitative estimate of drug-likeness (QED) is 0.498. The summed E-state index contributed by atoms with van der Waals surface area (Å²) in [7, 11) is -3.78. The number of ether oxygens (including phenoxy) is 1. The van der Waals surface area contributed by atoms with Gasteiger partial charge < -0.3 is 9.64 Å². The number of benzene rings is 1. The Labute approximate surface area is 190 Å². The van der Waals surface area contributed by atoms with Gasteiger partial charge in [0.2, 0.25) is 15.9 Å². The maximum Gasteiger partial charge on any atom is 0.324 e. The number of amides is 3. The van der Waals surface area contributed by atoms with Crippen LogP contribution in [0.5, 0.6) is 5.75 Å². The second-order valence-corrected chi connectivity index (χ2v) is 10.0. The lowest BCUT2D eigenvalue weighted by molar-refractivity contribution is -0.118. The fourth-order valence-electron chi connectivity index (χ4n) is 3.32. The van der Waals surface area contributed by atoms with Crippen LogP contribution in [0.25, 0.3) is 0 Å². The topological polar surface area (TPSA) is 131 Å². The van der Waals surface area contributed by atoms with E-state index in [0.29, 0.717) is 23.8 Å². The number of hydrogen-bond donors (Lipinski definition) is 2. The normalized spacial score (nSPS) is 17.2. The molecule has 1 saturated carbocycles. The number of sulfonamides is 1. The van der Waals surface area contributed by atoms with E-state index < -0.39 is 39.6 Å². The summed E-state index contributed by atoms with van der Waals surface area (Å²) in [5.74, 6) is -0.703. The van der Waals surface area contributed by atoms with Gasteiger partial charge in [0.1, 0.15) is 12.3 Å². The van der Waals surface area contributed by atoms with Crippen molar-refractivity contribution in [1.82, 2.24) is 25.1 Å². The maximum absolute atomic E-state index is 14.0. The maximum atomic E-state index is 14.0. The van der Waals surface area contributed by atoms with E-state index in [9.17, 15) is 22.4 Å². The van der Waals surface area contributed by atoms with Crippen molar-refractivity contribution in [1.29, 1.82) is 0 Å². The predicted octanol–water partition coefficient (Wildman–Crippen LogP) is 1.64. The van der Waals surface area contributed by atoms with E-state index >= 15 is 0 Å². The number of urea groups is 1. The van der Waals surface area contributed by atoms with E-state index in [1.54, 1.807) is 13.0 Å². The zero-order valence-corrected chi connectivity index (χ0v) is 18.8. The third-order valence-electron chi connectivity index (χ3n) is 5.32. The monoisotopic (exact) mass is 477 g/mol. The molecule has 176 valence electrons. The van der Waals surface area contributed by atoms with Gasteiger partial charge >= 0.3 is 6.03 Å². The lowest BCUT2D eigenvalue weighted by atomic mass is 10.1. The zero-order chi connectivity index (χ0) is 23.6. The number of aromatic nitrogens is 2. The van der Waals surface area contributed by atoms with Gasteiger partial charge in [-0.25, -0.2) is 22.3 Å². The molecule has 0 radical (unpaired) electrons. The standard InChI is InChI=1S/C21H24FN5O5S/c1-13(15-4-7-18(22)19(8-15)32-11-14-2-3-14)26-33(30,31)12-17-6-5-16(24-25-17)9-27-10-20(28)23-21(27)29/h4-8,13-14,26H,2-3,9-12H2,1H3,(H,23,28,29)/t13-/m1/s1. The Balaban J connectivity index is 1.35. The number of imide groups is 1. The summed E-state index contributed by atoms with van der Waals surface area (Å²) in [6.07, 6.45) is 2.16. The highest BCUT2D eigenvalue weighted by Gasteiger charge is 2.27. The smallest absolute Gasteiger partial charge is 0.324 e. The van der Waals surface area contributed by atoms with Gasteiger partial charge in [0.15, 0.2) is 11.6 Å². The Morgan fingerprint density at radius 3 is 2.58 bits per heavy atom. The number of carbonyl (C=O) groups excluding carboxylic acids is 2. The average molecular weight is 478 g/mol. The number of hydrogen-bond acceptors (Lipinski definition) is 7. The highest BCUT2D eigenvalue weighted by Crippen LogP contribution is 2.31. The van der Waals surface area contributed by atoms with Crippen molar-refractivity contribution in [2.75, 3.05) is 13.2 Å². The van der Waals surface area contributed by atoms with Crippen molar-refractivity contribution in [2.45, 2.75) is 38.1 Å². The van der Waals surface area contributed by atoms with Gasteiger partial charge in [-0.05, 0) is 55.5 Å². The molecular formula is C21H24FN5O5S. The van der Waals surface area contributed by atoms with Gasteiger partial charge in [0.25, 0.3) is 0 Å². The molecule has 2 fully saturated rings. The first-order chi connectivity index (χ1) is 15.7. The van der Waals surface area contributed by atoms with Crippen LogP contribution in [-0.2, 0) is 27.1 Å². The molecule has 1 aliphatic carbocycles. The second kappa shape index (κ2) is 9.40. The first-order valence-electron chi connectivity index (χ1n) is 10.5. The van der Waals surface area contributed by atoms with Crippen molar-refractivity contribution in [3.8, 4) is 5.75 Å². The molecule has 0 unspecified atom stereocenters. The lowest BCUT2D eigenvalue weighted by Crippen LogP contribution is -2.29. The van der Waals surface area contributed by atoms with E-state index in [4.69, 9.17) is 4.74 Å². The Hall–Kier alpha value is -3.12. The van der Waals surface area contributed by atoms with Gasteiger partial charge in [0, 0.05) is 6.04 Å². The molecule has 1 aromatic heterocycles. The van der Waals surface area contributed by atoms with E-state index in [1.807, 2.05) is 0 Å². The Bertz CT molecular complexity index is 1150. The molecule has 33 heavy (non-hydrogen) atoms. The molecule has 0 bridgehead atoms. The molecule has 1 aromatic carbocycles. The highest BCUT2D eigenvalue weighted by molar-refractivity contribution is 7.88. The number of nitrogens with zero attached hydrogens (tertiary/aromatic N) is 3. The third-order valence-corrected chi connectivity index (χ3v) is 6.71. The van der Waals surface area contributed by atoms with Crippen molar-refractivity contribution in [3.63, 3.8) is 0 Å². The van der Waals surface area contributed by atoms with Crippen LogP contribution < -0.4 is 14.8 Å². The van der Waals surface area contributed by atoms with E-state index in [2.05, 4.69) is 20.2 Å². The molecule has 2 aliphatic rings. The van der Waals surface area contributed by atoms with Gasteiger partial charge in [-0.2, -0.15) is 10.2 Å². The Kier molecular flexibility index (Phi) is 6.56. The van der Waals surface area contributed by atoms with Crippen molar-refractivity contribution >= 4 is 22.0 Å². The summed E-state index contributed by atoms with van der Waals surface area (Å²) >= 11 is 0. The van der Waals surface area contributed by atoms with Crippen LogP contribution >= 0.6 is 0 Å². The molecule has 0 spiro atoms. The van der Waals surface area contributed by atoms with E-state index in [-0.39, 0.29) is 24.5 Å². The average Bonchev–Trinajstić information content (AvgIpc) is 3.52. The third kappa shape index (κ3) is 6.23. The molecule has 1 saturated heterocycles. The van der Waals surface area contributed by atoms with Crippen LogP contribution in [0.3, 0.4) is 0 Å². The summed E-state index contributed by atoms with van der Waals surface area (Å²) < 4.78 is 47.3. The predicted molar refractivity (Wildman–Crippen MR) is 115 cm³/mol. The Morgan fingerprint density at radius 2 is 1.94 bits per heavy atom. The molecule has 4 rings (SSSR count). The minimum atomic E-state index is -3.78. The lowest BCUT2D eigenvalue weighted by Gasteiger charge is -2.16. The van der Waals surface area contributed by atoms with Gasteiger partial charge in [-0.3, -0.25) is 10.1 Å². The number of nitrogens with one attached hydrogen (secondary N) is 2. The minimum absolute atomic E-state index is 0.0603. The molecule has 1 atom stereocenters. The number of halogens is 1. The van der Waals surface area contributed by atoms with Gasteiger partial charge in [-0.1, -0.05) is 6.07 Å².